The minimum Gasteiger partial charge on any atom is -0.466 e. The molecule has 2 N–H and O–H groups in total. The fourth-order valence-electron chi connectivity index (χ4n) is 6.77. The van der Waals surface area contributed by atoms with Crippen LogP contribution in [0.3, 0.4) is 0 Å². The Kier molecular flexibility index (Phi) is 11.5. The number of β-lactam (4-membered cyclic amide) rings is 2. The maximum Gasteiger partial charge on any atom is 0.513 e. The van der Waals surface area contributed by atoms with Gasteiger partial charge in [0.05, 0.1) is 24.9 Å². The molecule has 4 saturated heterocycles. The first-order valence-electron chi connectivity index (χ1n) is 17.3. The van der Waals surface area contributed by atoms with Crippen molar-refractivity contribution in [3.63, 3.8) is 0 Å². The van der Waals surface area contributed by atoms with E-state index in [0.29, 0.717) is 5.56 Å². The van der Waals surface area contributed by atoms with Gasteiger partial charge in [-0.3, -0.25) is 14.4 Å². The lowest BCUT2D eigenvalue weighted by atomic mass is 9.95. The predicted molar refractivity (Wildman–Crippen MR) is 192 cm³/mol. The van der Waals surface area contributed by atoms with Crippen molar-refractivity contribution in [2.45, 2.75) is 99.3 Å². The fraction of sp³-hybridized carbons (Fsp3) is 0.571. The first kappa shape index (κ1) is 41.3. The lowest BCUT2D eigenvalue weighted by Gasteiger charge is -2.44. The van der Waals surface area contributed by atoms with Gasteiger partial charge >= 0.3 is 24.1 Å². The normalized spacial score (nSPS) is 26.1. The summed E-state index contributed by atoms with van der Waals surface area (Å²) in [5.74, 6) is -4.13. The minimum absolute atomic E-state index is 0.102. The second kappa shape index (κ2) is 15.4. The molecule has 0 bridgehead atoms. The topological polar surface area (TPSA) is 230 Å². The number of hydrogen-bond donors (Lipinski definition) is 2. The molecule has 1 aromatic carbocycles. The molecule has 3 amide bonds. The van der Waals surface area contributed by atoms with Crippen LogP contribution in [0, 0.1) is 5.92 Å². The van der Waals surface area contributed by atoms with E-state index in [9.17, 15) is 42.0 Å². The van der Waals surface area contributed by atoms with Gasteiger partial charge in [0.15, 0.2) is 9.84 Å². The molecule has 0 saturated carbocycles. The molecule has 4 heterocycles. The average Bonchev–Trinajstić information content (AvgIpc) is 3.43. The number of carbonyl (C=O) groups is 7. The molecule has 18 nitrogen and oxygen atoms in total. The molecule has 5 rings (SSSR count). The third-order valence-corrected chi connectivity index (χ3v) is 14.1. The van der Waals surface area contributed by atoms with E-state index in [2.05, 4.69) is 15.4 Å². The van der Waals surface area contributed by atoms with E-state index in [4.69, 9.17) is 18.9 Å². The van der Waals surface area contributed by atoms with Crippen molar-refractivity contribution in [3.05, 3.63) is 41.6 Å². The summed E-state index contributed by atoms with van der Waals surface area (Å²) in [6.45, 7) is 10.6. The van der Waals surface area contributed by atoms with E-state index in [-0.39, 0.29) is 30.4 Å². The summed E-state index contributed by atoms with van der Waals surface area (Å²) in [5.41, 5.74) is 0.644. The summed E-state index contributed by atoms with van der Waals surface area (Å²) in [7, 11) is -2.66. The van der Waals surface area contributed by atoms with Gasteiger partial charge in [-0.05, 0) is 58.2 Å². The Morgan fingerprint density at radius 1 is 0.964 bits per heavy atom. The molecule has 20 heteroatoms. The van der Waals surface area contributed by atoms with Crippen molar-refractivity contribution in [1.82, 2.24) is 20.4 Å². The molecule has 1 unspecified atom stereocenters. The molecular weight excluding hydrogens is 765 g/mol. The number of rotatable bonds is 13. The lowest BCUT2D eigenvalue weighted by molar-refractivity contribution is -0.181. The summed E-state index contributed by atoms with van der Waals surface area (Å²) in [6, 6.07) is 1.14. The van der Waals surface area contributed by atoms with Crippen LogP contribution in [0.1, 0.15) is 66.5 Å². The van der Waals surface area contributed by atoms with E-state index in [1.807, 2.05) is 13.8 Å². The molecule has 4 fully saturated rings. The Labute approximate surface area is 321 Å². The minimum atomic E-state index is -3.86. The smallest absolute Gasteiger partial charge is 0.466 e. The quantitative estimate of drug-likeness (QED) is 0.0714. The number of fused-ring (bicyclic) bond motifs is 2. The second-order valence-corrected chi connectivity index (χ2v) is 19.3. The third kappa shape index (κ3) is 7.83. The van der Waals surface area contributed by atoms with Gasteiger partial charge in [0.1, 0.15) is 40.7 Å². The highest BCUT2D eigenvalue weighted by Gasteiger charge is 2.68. The number of nitrogens with one attached hydrogen (secondary N) is 2. The lowest BCUT2D eigenvalue weighted by Crippen LogP contribution is -2.71. The van der Waals surface area contributed by atoms with Gasteiger partial charge in [0.2, 0.25) is 24.5 Å². The van der Waals surface area contributed by atoms with Gasteiger partial charge in [0, 0.05) is 16.5 Å². The van der Waals surface area contributed by atoms with Gasteiger partial charge in [0.25, 0.3) is 0 Å². The van der Waals surface area contributed by atoms with Crippen LogP contribution in [-0.4, -0.2) is 119 Å². The number of carbonyl (C=O) groups excluding carboxylic acids is 7. The van der Waals surface area contributed by atoms with E-state index < -0.39 is 103 Å². The zero-order chi connectivity index (χ0) is 40.8. The Morgan fingerprint density at radius 3 is 2.16 bits per heavy atom. The average molecular weight is 809 g/mol. The number of methoxy groups -OCH3 is 1. The van der Waals surface area contributed by atoms with Crippen LogP contribution in [0.5, 0.6) is 5.75 Å². The number of hydrogen-bond acceptors (Lipinski definition) is 16. The number of thioether (sulfide) groups is 1. The zero-order valence-electron chi connectivity index (χ0n) is 31.5. The van der Waals surface area contributed by atoms with Gasteiger partial charge in [-0.2, -0.15) is 0 Å². The van der Waals surface area contributed by atoms with Crippen molar-refractivity contribution in [1.29, 1.82) is 0 Å². The summed E-state index contributed by atoms with van der Waals surface area (Å²) in [4.78, 5) is 92.1. The van der Waals surface area contributed by atoms with Gasteiger partial charge in [-0.25, -0.2) is 27.6 Å². The molecule has 1 aromatic rings. The number of benzene rings is 1. The monoisotopic (exact) mass is 808 g/mol. The number of sulfone groups is 1. The summed E-state index contributed by atoms with van der Waals surface area (Å²) < 4.78 is 48.4. The van der Waals surface area contributed by atoms with Crippen molar-refractivity contribution in [2.24, 2.45) is 5.92 Å². The van der Waals surface area contributed by atoms with E-state index in [1.54, 1.807) is 13.8 Å². The van der Waals surface area contributed by atoms with E-state index >= 15 is 0 Å². The summed E-state index contributed by atoms with van der Waals surface area (Å²) >= 11 is 1.24. The largest absolute Gasteiger partial charge is 0.513 e. The Balaban J connectivity index is 1.23. The molecule has 55 heavy (non-hydrogen) atoms. The highest BCUT2D eigenvalue weighted by atomic mass is 32.2. The number of amides is 3. The number of esters is 3. The number of ether oxygens (including phenoxy) is 5. The standard InChI is InChI=1S/C35H44N4O14S2/c1-17(2)15-50-33(46)53-20-11-9-19(10-12-20)24(36-18(3)13-23(41)49-8)28(42)37-25-29(43)39-26(34(4,5)54-30(25)39)31(44)51-16-52-32(45)27-35(6,7)55(47,48)22-14-21(40)38(22)27/h9-13,17,22,24-27,30,36H,14-16H2,1-8H3,(H,37,42)/t22-,24?,25-,26+,27+,30-/m1/s1. The van der Waals surface area contributed by atoms with Crippen molar-refractivity contribution in [2.75, 3.05) is 20.5 Å². The van der Waals surface area contributed by atoms with Crippen LogP contribution < -0.4 is 15.4 Å². The molecule has 0 aliphatic carbocycles. The maximum atomic E-state index is 13.8. The van der Waals surface area contributed by atoms with Gasteiger partial charge in [-0.15, -0.1) is 11.8 Å². The molecule has 4 aliphatic rings. The van der Waals surface area contributed by atoms with Crippen LogP contribution in [-0.2, 0) is 57.6 Å². The first-order valence-corrected chi connectivity index (χ1v) is 19.7. The molecule has 300 valence electrons. The van der Waals surface area contributed by atoms with Crippen LogP contribution in [0.25, 0.3) is 0 Å². The van der Waals surface area contributed by atoms with Gasteiger partial charge < -0.3 is 44.1 Å². The highest BCUT2D eigenvalue weighted by Crippen LogP contribution is 2.51. The van der Waals surface area contributed by atoms with Crippen molar-refractivity contribution < 1.29 is 65.7 Å². The van der Waals surface area contributed by atoms with Crippen LogP contribution in [0.15, 0.2) is 36.0 Å². The second-order valence-electron chi connectivity index (χ2n) is 14.9. The van der Waals surface area contributed by atoms with Crippen LogP contribution >= 0.6 is 11.8 Å². The molecular formula is C35H44N4O14S2. The molecule has 0 aromatic heterocycles. The summed E-state index contributed by atoms with van der Waals surface area (Å²) in [5, 5.41) is 3.88. The number of allylic oxidation sites excluding steroid dienone is 1. The molecule has 0 radical (unpaired) electrons. The Hall–Kier alpha value is -4.85. The fourth-order valence-corrected chi connectivity index (χ4v) is 10.5. The SMILES string of the molecule is COC(=O)C=C(C)NC(C(=O)N[C@@H]1C(=O)N2[C@@H]1SC(C)(C)[C@@H]2C(=O)OCOC(=O)[C@@H]1N2C(=O)C[C@H]2S(=O)(=O)C1(C)C)c1ccc(OC(=O)OCC(C)C)cc1. The first-order chi connectivity index (χ1) is 25.6. The maximum absolute atomic E-state index is 13.8. The van der Waals surface area contributed by atoms with Crippen molar-refractivity contribution in [3.8, 4) is 5.75 Å². The molecule has 6 atom stereocenters. The predicted octanol–water partition coefficient (Wildman–Crippen LogP) is 1.29. The summed E-state index contributed by atoms with van der Waals surface area (Å²) in [6.07, 6.45) is 0.0153. The molecule has 0 spiro atoms. The molecule has 4 aliphatic heterocycles. The highest BCUT2D eigenvalue weighted by molar-refractivity contribution is 8.01. The van der Waals surface area contributed by atoms with Gasteiger partial charge in [-0.1, -0.05) is 26.0 Å². The Bertz CT molecular complexity index is 1910. The van der Waals surface area contributed by atoms with Crippen LogP contribution in [0.2, 0.25) is 0 Å². The zero-order valence-corrected chi connectivity index (χ0v) is 33.1. The number of nitrogens with zero attached hydrogens (tertiary/aromatic N) is 2. The van der Waals surface area contributed by atoms with Crippen molar-refractivity contribution >= 4 is 63.4 Å². The van der Waals surface area contributed by atoms with E-state index in [1.165, 1.54) is 68.8 Å². The van der Waals surface area contributed by atoms with Crippen LogP contribution in [0.4, 0.5) is 4.79 Å². The van der Waals surface area contributed by atoms with E-state index in [0.717, 1.165) is 11.0 Å². The third-order valence-electron chi connectivity index (χ3n) is 9.68. The Morgan fingerprint density at radius 2 is 1.58 bits per heavy atom.